The molecule has 2 heterocycles. The number of ether oxygens (including phenoxy) is 1. The molecular weight excluding hydrogens is 294 g/mol. The van der Waals surface area contributed by atoms with Crippen LogP contribution in [0.5, 0.6) is 0 Å². The van der Waals surface area contributed by atoms with Crippen molar-refractivity contribution in [3.63, 3.8) is 0 Å². The number of nitrogens with one attached hydrogen (secondary N) is 1. The van der Waals surface area contributed by atoms with Gasteiger partial charge >= 0.3 is 0 Å². The first kappa shape index (κ1) is 16.0. The second-order valence-corrected chi connectivity index (χ2v) is 6.07. The summed E-state index contributed by atoms with van der Waals surface area (Å²) in [4.78, 5) is 28.5. The maximum Gasteiger partial charge on any atom is 0.253 e. The van der Waals surface area contributed by atoms with Crippen molar-refractivity contribution < 1.29 is 14.3 Å². The number of piperazine rings is 1. The number of hydrogen-bond acceptors (Lipinski definition) is 4. The minimum absolute atomic E-state index is 0.0382. The summed E-state index contributed by atoms with van der Waals surface area (Å²) in [6.07, 6.45) is 0. The Labute approximate surface area is 136 Å². The Balaban J connectivity index is 1.54. The minimum Gasteiger partial charge on any atom is -0.378 e. The standard InChI is InChI=1S/C17H23N3O3/c1-13-2-4-14(5-3-13)16(21)19-7-9-20(10-8-19)17(22)15-12-23-11-6-18-15/h2-5,15,18H,6-12H2,1H3. The first-order valence-electron chi connectivity index (χ1n) is 8.11. The Hall–Kier alpha value is -1.92. The summed E-state index contributed by atoms with van der Waals surface area (Å²) in [5.74, 6) is 0.114. The molecule has 2 saturated heterocycles. The zero-order valence-electron chi connectivity index (χ0n) is 13.5. The van der Waals surface area contributed by atoms with Crippen LogP contribution in [0, 0.1) is 6.92 Å². The third-order valence-corrected chi connectivity index (χ3v) is 4.40. The van der Waals surface area contributed by atoms with E-state index >= 15 is 0 Å². The number of aryl methyl sites for hydroxylation is 1. The van der Waals surface area contributed by atoms with Crippen LogP contribution in [-0.2, 0) is 9.53 Å². The Morgan fingerprint density at radius 2 is 1.74 bits per heavy atom. The van der Waals surface area contributed by atoms with Gasteiger partial charge in [-0.2, -0.15) is 0 Å². The lowest BCUT2D eigenvalue weighted by Crippen LogP contribution is -2.57. The minimum atomic E-state index is -0.247. The Kier molecular flexibility index (Phi) is 4.93. The largest absolute Gasteiger partial charge is 0.378 e. The summed E-state index contributed by atoms with van der Waals surface area (Å²) < 4.78 is 5.35. The van der Waals surface area contributed by atoms with E-state index in [1.54, 1.807) is 0 Å². The molecule has 0 aliphatic carbocycles. The molecule has 0 bridgehead atoms. The predicted molar refractivity (Wildman–Crippen MR) is 86.3 cm³/mol. The molecule has 0 spiro atoms. The van der Waals surface area contributed by atoms with Gasteiger partial charge in [0.15, 0.2) is 0 Å². The number of rotatable bonds is 2. The molecule has 23 heavy (non-hydrogen) atoms. The van der Waals surface area contributed by atoms with Gasteiger partial charge in [-0.3, -0.25) is 9.59 Å². The molecule has 1 aromatic carbocycles. The number of nitrogens with zero attached hydrogens (tertiary/aromatic N) is 2. The number of amides is 2. The van der Waals surface area contributed by atoms with E-state index < -0.39 is 0 Å². The van der Waals surface area contributed by atoms with Crippen LogP contribution in [-0.4, -0.2) is 73.6 Å². The first-order valence-corrected chi connectivity index (χ1v) is 8.11. The molecule has 0 radical (unpaired) electrons. The third kappa shape index (κ3) is 3.71. The van der Waals surface area contributed by atoms with E-state index in [2.05, 4.69) is 5.32 Å². The first-order chi connectivity index (χ1) is 11.1. The van der Waals surface area contributed by atoms with Crippen LogP contribution in [0.4, 0.5) is 0 Å². The average Bonchev–Trinajstić information content (AvgIpc) is 2.62. The molecule has 1 N–H and O–H groups in total. The maximum atomic E-state index is 12.5. The summed E-state index contributed by atoms with van der Waals surface area (Å²) in [5, 5.41) is 3.18. The van der Waals surface area contributed by atoms with Crippen molar-refractivity contribution in [1.82, 2.24) is 15.1 Å². The topological polar surface area (TPSA) is 61.9 Å². The molecule has 1 atom stereocenters. The van der Waals surface area contributed by atoms with Gasteiger partial charge in [-0.15, -0.1) is 0 Å². The number of benzene rings is 1. The average molecular weight is 317 g/mol. The lowest BCUT2D eigenvalue weighted by atomic mass is 10.1. The highest BCUT2D eigenvalue weighted by molar-refractivity contribution is 5.94. The van der Waals surface area contributed by atoms with Crippen LogP contribution >= 0.6 is 0 Å². The van der Waals surface area contributed by atoms with Gasteiger partial charge in [0.05, 0.1) is 13.2 Å². The fraction of sp³-hybridized carbons (Fsp3) is 0.529. The van der Waals surface area contributed by atoms with E-state index in [0.717, 1.165) is 5.56 Å². The summed E-state index contributed by atoms with van der Waals surface area (Å²) in [7, 11) is 0. The van der Waals surface area contributed by atoms with Crippen molar-refractivity contribution in [2.24, 2.45) is 0 Å². The van der Waals surface area contributed by atoms with Gasteiger partial charge in [0.25, 0.3) is 5.91 Å². The van der Waals surface area contributed by atoms with Gasteiger partial charge in [-0.05, 0) is 19.1 Å². The van der Waals surface area contributed by atoms with Crippen molar-refractivity contribution in [1.29, 1.82) is 0 Å². The van der Waals surface area contributed by atoms with Gasteiger partial charge in [0.1, 0.15) is 6.04 Å². The number of carbonyl (C=O) groups excluding carboxylic acids is 2. The number of carbonyl (C=O) groups is 2. The van der Waals surface area contributed by atoms with Crippen molar-refractivity contribution in [3.8, 4) is 0 Å². The monoisotopic (exact) mass is 317 g/mol. The van der Waals surface area contributed by atoms with Crippen LogP contribution in [0.2, 0.25) is 0 Å². The summed E-state index contributed by atoms with van der Waals surface area (Å²) in [6, 6.07) is 7.36. The van der Waals surface area contributed by atoms with E-state index in [0.29, 0.717) is 51.5 Å². The molecule has 3 rings (SSSR count). The second kappa shape index (κ2) is 7.10. The fourth-order valence-electron chi connectivity index (χ4n) is 2.95. The van der Waals surface area contributed by atoms with Crippen molar-refractivity contribution >= 4 is 11.8 Å². The highest BCUT2D eigenvalue weighted by atomic mass is 16.5. The molecule has 1 aromatic rings. The van der Waals surface area contributed by atoms with Crippen molar-refractivity contribution in [2.75, 3.05) is 45.9 Å². The quantitative estimate of drug-likeness (QED) is 0.850. The predicted octanol–water partition coefficient (Wildman–Crippen LogP) is 0.268. The lowest BCUT2D eigenvalue weighted by Gasteiger charge is -2.37. The molecule has 6 nitrogen and oxygen atoms in total. The van der Waals surface area contributed by atoms with Crippen molar-refractivity contribution in [2.45, 2.75) is 13.0 Å². The highest BCUT2D eigenvalue weighted by Crippen LogP contribution is 2.11. The molecule has 2 fully saturated rings. The fourth-order valence-corrected chi connectivity index (χ4v) is 2.95. The summed E-state index contributed by atoms with van der Waals surface area (Å²) in [6.45, 7) is 6.11. The Morgan fingerprint density at radius 1 is 1.09 bits per heavy atom. The van der Waals surface area contributed by atoms with E-state index in [4.69, 9.17) is 4.74 Å². The zero-order valence-corrected chi connectivity index (χ0v) is 13.5. The van der Waals surface area contributed by atoms with E-state index in [-0.39, 0.29) is 17.9 Å². The number of morpholine rings is 1. The molecule has 6 heteroatoms. The summed E-state index contributed by atoms with van der Waals surface area (Å²) in [5.41, 5.74) is 1.84. The Morgan fingerprint density at radius 3 is 2.35 bits per heavy atom. The maximum absolute atomic E-state index is 12.5. The molecule has 2 amide bonds. The van der Waals surface area contributed by atoms with Gasteiger partial charge in [-0.25, -0.2) is 0 Å². The van der Waals surface area contributed by atoms with Crippen LogP contribution < -0.4 is 5.32 Å². The third-order valence-electron chi connectivity index (χ3n) is 4.40. The Bertz CT molecular complexity index is 559. The van der Waals surface area contributed by atoms with Crippen LogP contribution in [0.1, 0.15) is 15.9 Å². The van der Waals surface area contributed by atoms with Crippen LogP contribution in [0.15, 0.2) is 24.3 Å². The van der Waals surface area contributed by atoms with Crippen LogP contribution in [0.3, 0.4) is 0 Å². The van der Waals surface area contributed by atoms with Gasteiger partial charge in [-0.1, -0.05) is 17.7 Å². The highest BCUT2D eigenvalue weighted by Gasteiger charge is 2.30. The van der Waals surface area contributed by atoms with Gasteiger partial charge < -0.3 is 19.9 Å². The zero-order chi connectivity index (χ0) is 16.2. The number of hydrogen-bond donors (Lipinski definition) is 1. The molecule has 2 aliphatic rings. The van der Waals surface area contributed by atoms with E-state index in [1.165, 1.54) is 0 Å². The SMILES string of the molecule is Cc1ccc(C(=O)N2CCN(C(=O)C3COCCN3)CC2)cc1. The molecule has 0 aromatic heterocycles. The van der Waals surface area contributed by atoms with E-state index in [9.17, 15) is 9.59 Å². The summed E-state index contributed by atoms with van der Waals surface area (Å²) >= 11 is 0. The molecule has 0 saturated carbocycles. The molecule has 1 unspecified atom stereocenters. The van der Waals surface area contributed by atoms with Gasteiger partial charge in [0.2, 0.25) is 5.91 Å². The molecular formula is C17H23N3O3. The lowest BCUT2D eigenvalue weighted by molar-refractivity contribution is -0.137. The van der Waals surface area contributed by atoms with Gasteiger partial charge in [0, 0.05) is 38.3 Å². The normalized spacial score (nSPS) is 22.0. The van der Waals surface area contributed by atoms with Crippen molar-refractivity contribution in [3.05, 3.63) is 35.4 Å². The van der Waals surface area contributed by atoms with E-state index in [1.807, 2.05) is 41.0 Å². The van der Waals surface area contributed by atoms with Crippen LogP contribution in [0.25, 0.3) is 0 Å². The molecule has 2 aliphatic heterocycles. The second-order valence-electron chi connectivity index (χ2n) is 6.07. The smallest absolute Gasteiger partial charge is 0.253 e. The molecule has 124 valence electrons.